The van der Waals surface area contributed by atoms with Crippen LogP contribution in [0.5, 0.6) is 0 Å². The molecule has 2 aromatic carbocycles. The third-order valence-corrected chi connectivity index (χ3v) is 7.79. The van der Waals surface area contributed by atoms with Crippen LogP contribution in [-0.4, -0.2) is 71.2 Å². The summed E-state index contributed by atoms with van der Waals surface area (Å²) in [5.41, 5.74) is 3.34. The van der Waals surface area contributed by atoms with E-state index in [1.54, 1.807) is 42.6 Å². The van der Waals surface area contributed by atoms with Crippen molar-refractivity contribution < 1.29 is 18.3 Å². The molecular weight excluding hydrogens is 540 g/mol. The second-order valence-corrected chi connectivity index (χ2v) is 10.4. The second-order valence-electron chi connectivity index (χ2n) is 10.4. The van der Waals surface area contributed by atoms with Gasteiger partial charge in [-0.25, -0.2) is 18.7 Å². The number of fused-ring (bicyclic) bond motifs is 1. The van der Waals surface area contributed by atoms with Crippen LogP contribution >= 0.6 is 0 Å². The number of nitrogens with one attached hydrogen (secondary N) is 2. The van der Waals surface area contributed by atoms with Crippen molar-refractivity contribution in [2.75, 3.05) is 54.9 Å². The van der Waals surface area contributed by atoms with Crippen LogP contribution in [0.15, 0.2) is 73.5 Å². The van der Waals surface area contributed by atoms with Crippen molar-refractivity contribution in [1.82, 2.24) is 19.9 Å². The van der Waals surface area contributed by atoms with Crippen LogP contribution in [0.2, 0.25) is 0 Å². The molecule has 0 atom stereocenters. The maximum absolute atomic E-state index is 14.4. The summed E-state index contributed by atoms with van der Waals surface area (Å²) in [4.78, 5) is 30.3. The summed E-state index contributed by atoms with van der Waals surface area (Å²) in [6.07, 6.45) is 4.97. The first-order chi connectivity index (χ1) is 20.5. The highest BCUT2D eigenvalue weighted by molar-refractivity contribution is 6.07. The molecule has 2 fully saturated rings. The maximum atomic E-state index is 14.4. The number of ether oxygens (including phenoxy) is 1. The Kier molecular flexibility index (Phi) is 8.02. The quantitative estimate of drug-likeness (QED) is 0.289. The van der Waals surface area contributed by atoms with E-state index >= 15 is 0 Å². The molecular formula is C31H31F2N7O2. The minimum atomic E-state index is -1.08. The lowest BCUT2D eigenvalue weighted by molar-refractivity contribution is -0.114. The molecule has 0 radical (unpaired) electrons. The highest BCUT2D eigenvalue weighted by atomic mass is 19.1. The molecule has 9 nitrogen and oxygen atoms in total. The number of aromatic nitrogens is 3. The van der Waals surface area contributed by atoms with Gasteiger partial charge in [-0.2, -0.15) is 0 Å². The number of rotatable bonds is 7. The Morgan fingerprint density at radius 2 is 1.79 bits per heavy atom. The fourth-order valence-corrected chi connectivity index (χ4v) is 5.62. The largest absolute Gasteiger partial charge is 0.379 e. The van der Waals surface area contributed by atoms with Gasteiger partial charge in [0.05, 0.1) is 35.8 Å². The van der Waals surface area contributed by atoms with Gasteiger partial charge in [-0.1, -0.05) is 18.7 Å². The second kappa shape index (κ2) is 12.2. The van der Waals surface area contributed by atoms with E-state index in [4.69, 9.17) is 4.74 Å². The van der Waals surface area contributed by atoms with Gasteiger partial charge in [0.15, 0.2) is 5.83 Å². The first-order valence-electron chi connectivity index (χ1n) is 14.0. The summed E-state index contributed by atoms with van der Waals surface area (Å²) in [7, 11) is 0. The summed E-state index contributed by atoms with van der Waals surface area (Å²) < 4.78 is 33.7. The number of halogens is 2. The van der Waals surface area contributed by atoms with E-state index in [1.807, 2.05) is 6.07 Å². The normalized spacial score (nSPS) is 16.4. The van der Waals surface area contributed by atoms with Gasteiger partial charge in [-0.3, -0.25) is 14.7 Å². The van der Waals surface area contributed by atoms with Crippen molar-refractivity contribution >= 4 is 39.7 Å². The zero-order chi connectivity index (χ0) is 29.1. The summed E-state index contributed by atoms with van der Waals surface area (Å²) >= 11 is 0. The lowest BCUT2D eigenvalue weighted by Crippen LogP contribution is -2.49. The van der Waals surface area contributed by atoms with Gasteiger partial charge in [0.1, 0.15) is 18.0 Å². The van der Waals surface area contributed by atoms with Crippen LogP contribution in [-0.2, 0) is 9.53 Å². The van der Waals surface area contributed by atoms with Crippen molar-refractivity contribution in [3.63, 3.8) is 0 Å². The number of nitrogens with zero attached hydrogens (tertiary/aromatic N) is 5. The highest BCUT2D eigenvalue weighted by Gasteiger charge is 2.28. The number of hydrogen-bond acceptors (Lipinski definition) is 8. The maximum Gasteiger partial charge on any atom is 0.283 e. The van der Waals surface area contributed by atoms with E-state index in [-0.39, 0.29) is 5.82 Å². The van der Waals surface area contributed by atoms with Crippen molar-refractivity contribution in [2.45, 2.75) is 18.9 Å². The van der Waals surface area contributed by atoms with Crippen molar-refractivity contribution in [3.8, 4) is 11.3 Å². The van der Waals surface area contributed by atoms with Crippen LogP contribution in [0, 0.1) is 5.82 Å². The fourth-order valence-electron chi connectivity index (χ4n) is 5.62. The lowest BCUT2D eigenvalue weighted by atomic mass is 10.0. The van der Waals surface area contributed by atoms with E-state index < -0.39 is 11.7 Å². The van der Waals surface area contributed by atoms with Crippen LogP contribution in [0.1, 0.15) is 12.8 Å². The Labute approximate surface area is 242 Å². The number of carbonyl (C=O) groups is 1. The number of anilines is 4. The molecule has 2 aliphatic rings. The van der Waals surface area contributed by atoms with Crippen LogP contribution in [0.25, 0.3) is 22.2 Å². The van der Waals surface area contributed by atoms with Crippen molar-refractivity contribution in [2.24, 2.45) is 0 Å². The third kappa shape index (κ3) is 5.93. The number of hydrogen-bond donors (Lipinski definition) is 2. The molecule has 4 heterocycles. The molecule has 216 valence electrons. The van der Waals surface area contributed by atoms with Gasteiger partial charge in [-0.05, 0) is 49.2 Å². The smallest absolute Gasteiger partial charge is 0.283 e. The number of benzene rings is 2. The molecule has 0 spiro atoms. The Morgan fingerprint density at radius 1 is 1.00 bits per heavy atom. The molecule has 2 aromatic heterocycles. The molecule has 2 N–H and O–H groups in total. The number of carbonyl (C=O) groups excluding carboxylic acids is 1. The van der Waals surface area contributed by atoms with Crippen molar-refractivity contribution in [3.05, 3.63) is 79.3 Å². The standard InChI is InChI=1S/C31H31F2N7O2/c1-20(32)31(41)38-28-17-24-27(18-29(28)40-10-7-22(8-11-40)39-12-14-42-15-13-39)35-19-36-30(24)37-21-6-9-34-26(16-21)23-4-2-3-5-25(23)33/h2-6,9,16-19,22H,1,7-8,10-15H2,(H,38,41)(H,34,35,36,37). The molecule has 11 heteroatoms. The Hall–Kier alpha value is -4.48. The minimum Gasteiger partial charge on any atom is -0.379 e. The predicted octanol–water partition coefficient (Wildman–Crippen LogP) is 5.30. The van der Waals surface area contributed by atoms with E-state index in [0.29, 0.717) is 45.4 Å². The van der Waals surface area contributed by atoms with E-state index in [9.17, 15) is 13.6 Å². The summed E-state index contributed by atoms with van der Waals surface area (Å²) in [6, 6.07) is 14.0. The van der Waals surface area contributed by atoms with Gasteiger partial charge >= 0.3 is 0 Å². The van der Waals surface area contributed by atoms with Gasteiger partial charge in [0.2, 0.25) is 0 Å². The molecule has 0 aliphatic carbocycles. The summed E-state index contributed by atoms with van der Waals surface area (Å²) in [6.45, 7) is 8.10. The van der Waals surface area contributed by atoms with Crippen molar-refractivity contribution in [1.29, 1.82) is 0 Å². The molecule has 0 unspecified atom stereocenters. The molecule has 42 heavy (non-hydrogen) atoms. The summed E-state index contributed by atoms with van der Waals surface area (Å²) in [5.74, 6) is -1.88. The minimum absolute atomic E-state index is 0.369. The Balaban J connectivity index is 1.31. The first-order valence-corrected chi connectivity index (χ1v) is 14.0. The van der Waals surface area contributed by atoms with Crippen LogP contribution < -0.4 is 15.5 Å². The molecule has 6 rings (SSSR count). The SMILES string of the molecule is C=C(F)C(=O)Nc1cc2c(Nc3ccnc(-c4ccccc4F)c3)ncnc2cc1N1CCC(N2CCOCC2)CC1. The van der Waals surface area contributed by atoms with E-state index in [2.05, 4.69) is 42.0 Å². The molecule has 4 aromatic rings. The van der Waals surface area contributed by atoms with E-state index in [1.165, 1.54) is 12.4 Å². The third-order valence-electron chi connectivity index (χ3n) is 7.79. The zero-order valence-corrected chi connectivity index (χ0v) is 23.0. The molecule has 2 saturated heterocycles. The number of morpholine rings is 1. The Bertz CT molecular complexity index is 1620. The molecule has 0 saturated carbocycles. The number of piperidine rings is 1. The van der Waals surface area contributed by atoms with Gasteiger partial charge in [0, 0.05) is 55.1 Å². The highest BCUT2D eigenvalue weighted by Crippen LogP contribution is 2.36. The lowest BCUT2D eigenvalue weighted by Gasteiger charge is -2.41. The van der Waals surface area contributed by atoms with Crippen LogP contribution in [0.4, 0.5) is 31.7 Å². The molecule has 1 amide bonds. The average Bonchev–Trinajstić information content (AvgIpc) is 3.02. The van der Waals surface area contributed by atoms with Gasteiger partial charge in [0.25, 0.3) is 5.91 Å². The van der Waals surface area contributed by atoms with Gasteiger partial charge in [-0.15, -0.1) is 0 Å². The molecule has 0 bridgehead atoms. The fraction of sp³-hybridized carbons (Fsp3) is 0.290. The van der Waals surface area contributed by atoms with Crippen LogP contribution in [0.3, 0.4) is 0 Å². The number of amides is 1. The Morgan fingerprint density at radius 3 is 2.55 bits per heavy atom. The van der Waals surface area contributed by atoms with E-state index in [0.717, 1.165) is 57.9 Å². The number of pyridine rings is 1. The van der Waals surface area contributed by atoms with Gasteiger partial charge < -0.3 is 20.3 Å². The zero-order valence-electron chi connectivity index (χ0n) is 23.0. The predicted molar refractivity (Wildman–Crippen MR) is 159 cm³/mol. The first kappa shape index (κ1) is 27.7. The monoisotopic (exact) mass is 571 g/mol. The summed E-state index contributed by atoms with van der Waals surface area (Å²) in [5, 5.41) is 6.58. The average molecular weight is 572 g/mol. The topological polar surface area (TPSA) is 95.5 Å². The molecule has 2 aliphatic heterocycles.